The number of halogens is 3. The molecule has 0 aliphatic rings. The predicted octanol–water partition coefficient (Wildman–Crippen LogP) is 6.67. The number of nitrogens with zero attached hydrogens (tertiary/aromatic N) is 2. The number of anilines is 1. The molecule has 0 fully saturated rings. The van der Waals surface area contributed by atoms with Gasteiger partial charge < -0.3 is 10.2 Å². The van der Waals surface area contributed by atoms with E-state index in [1.165, 1.54) is 17.0 Å². The van der Waals surface area contributed by atoms with Crippen LogP contribution < -0.4 is 9.62 Å². The molecule has 0 aromatic heterocycles. The van der Waals surface area contributed by atoms with Crippen molar-refractivity contribution in [3.05, 3.63) is 92.9 Å². The molecule has 0 heterocycles. The first-order valence-corrected chi connectivity index (χ1v) is 15.8. The third kappa shape index (κ3) is 7.78. The zero-order valence-electron chi connectivity index (χ0n) is 22.5. The minimum atomic E-state index is -4.15. The van der Waals surface area contributed by atoms with Crippen LogP contribution in [0.5, 0.6) is 0 Å². The highest BCUT2D eigenvalue weighted by molar-refractivity contribution is 9.10. The van der Waals surface area contributed by atoms with Crippen molar-refractivity contribution < 1.29 is 18.0 Å². The quantitative estimate of drug-likeness (QED) is 0.234. The lowest BCUT2D eigenvalue weighted by atomic mass is 10.1. The summed E-state index contributed by atoms with van der Waals surface area (Å²) in [6.07, 6.45) is 0.997. The molecule has 0 saturated carbocycles. The molecule has 0 aliphatic carbocycles. The van der Waals surface area contributed by atoms with Crippen LogP contribution in [0.1, 0.15) is 39.2 Å². The van der Waals surface area contributed by atoms with E-state index in [0.717, 1.165) is 4.31 Å². The first-order valence-electron chi connectivity index (χ1n) is 12.9. The number of carbonyl (C=O) groups excluding carboxylic acids is 2. The van der Waals surface area contributed by atoms with Crippen LogP contribution in [0.15, 0.2) is 82.2 Å². The van der Waals surface area contributed by atoms with Gasteiger partial charge in [-0.05, 0) is 62.2 Å². The van der Waals surface area contributed by atoms with Crippen molar-refractivity contribution in [1.82, 2.24) is 10.2 Å². The van der Waals surface area contributed by atoms with E-state index in [9.17, 15) is 18.0 Å². The summed E-state index contributed by atoms with van der Waals surface area (Å²) in [4.78, 5) is 28.9. The maximum Gasteiger partial charge on any atom is 0.264 e. The lowest BCUT2D eigenvalue weighted by Crippen LogP contribution is -2.53. The van der Waals surface area contributed by atoms with E-state index in [-0.39, 0.29) is 23.4 Å². The van der Waals surface area contributed by atoms with Gasteiger partial charge in [-0.3, -0.25) is 13.9 Å². The summed E-state index contributed by atoms with van der Waals surface area (Å²) >= 11 is 16.3. The Kier molecular flexibility index (Phi) is 11.5. The molecule has 2 amide bonds. The van der Waals surface area contributed by atoms with Gasteiger partial charge in [-0.25, -0.2) is 8.42 Å². The van der Waals surface area contributed by atoms with E-state index >= 15 is 0 Å². The molecule has 40 heavy (non-hydrogen) atoms. The van der Waals surface area contributed by atoms with Crippen LogP contribution >= 0.6 is 39.1 Å². The van der Waals surface area contributed by atoms with Gasteiger partial charge >= 0.3 is 0 Å². The zero-order valence-corrected chi connectivity index (χ0v) is 26.4. The number of nitrogens with one attached hydrogen (secondary N) is 1. The molecule has 0 unspecified atom stereocenters. The summed E-state index contributed by atoms with van der Waals surface area (Å²) in [5, 5.41) is 3.62. The summed E-state index contributed by atoms with van der Waals surface area (Å²) in [7, 11) is -4.15. The molecule has 0 radical (unpaired) electrons. The summed E-state index contributed by atoms with van der Waals surface area (Å²) < 4.78 is 29.4. The Morgan fingerprint density at radius 2 is 1.55 bits per heavy atom. The van der Waals surface area contributed by atoms with Gasteiger partial charge in [0.1, 0.15) is 12.6 Å². The fourth-order valence-electron chi connectivity index (χ4n) is 4.09. The van der Waals surface area contributed by atoms with E-state index in [2.05, 4.69) is 21.2 Å². The highest BCUT2D eigenvalue weighted by atomic mass is 79.9. The molecular weight excluding hydrogens is 637 g/mol. The smallest absolute Gasteiger partial charge is 0.264 e. The molecule has 1 N–H and O–H groups in total. The summed E-state index contributed by atoms with van der Waals surface area (Å²) in [5.41, 5.74) is 0.758. The number of benzene rings is 3. The second-order valence-electron chi connectivity index (χ2n) is 9.27. The zero-order chi connectivity index (χ0) is 29.4. The van der Waals surface area contributed by atoms with Crippen molar-refractivity contribution >= 4 is 66.7 Å². The largest absolute Gasteiger partial charge is 0.352 e. The van der Waals surface area contributed by atoms with Gasteiger partial charge in [-0.2, -0.15) is 0 Å². The van der Waals surface area contributed by atoms with Gasteiger partial charge in [0.05, 0.1) is 10.6 Å². The maximum absolute atomic E-state index is 14.1. The van der Waals surface area contributed by atoms with E-state index in [0.29, 0.717) is 38.6 Å². The fourth-order valence-corrected chi connectivity index (χ4v) is 6.43. The van der Waals surface area contributed by atoms with Gasteiger partial charge in [0.15, 0.2) is 0 Å². The molecule has 3 rings (SSSR count). The summed E-state index contributed by atoms with van der Waals surface area (Å²) in [6.45, 7) is 4.98. The van der Waals surface area contributed by atoms with Gasteiger partial charge in [0.25, 0.3) is 10.0 Å². The summed E-state index contributed by atoms with van der Waals surface area (Å²) in [6, 6.07) is 18.6. The molecule has 0 spiro atoms. The molecular formula is C29H32BrCl2N3O4S. The minimum absolute atomic E-state index is 0.0324. The van der Waals surface area contributed by atoms with E-state index in [4.69, 9.17) is 23.2 Å². The lowest BCUT2D eigenvalue weighted by molar-refractivity contribution is -0.140. The topological polar surface area (TPSA) is 86.8 Å². The average Bonchev–Trinajstić information content (AvgIpc) is 2.93. The third-order valence-electron chi connectivity index (χ3n) is 6.48. The van der Waals surface area contributed by atoms with Gasteiger partial charge in [0.2, 0.25) is 11.8 Å². The number of amides is 2. The molecule has 11 heteroatoms. The monoisotopic (exact) mass is 667 g/mol. The molecule has 2 atom stereocenters. The van der Waals surface area contributed by atoms with Gasteiger partial charge in [0, 0.05) is 32.7 Å². The standard InChI is InChI=1S/C29H32BrCl2N3O4S/c1-4-20(3)33-29(37)27(5-2)34(18-24-25(31)15-10-16-26(24)32)28(36)19-35(22-12-9-11-21(30)17-22)40(38,39)23-13-7-6-8-14-23/h6-17,20,27H,4-5,18-19H2,1-3H3,(H,33,37)/t20-,27+/m1/s1. The van der Waals surface area contributed by atoms with Crippen molar-refractivity contribution in [2.24, 2.45) is 0 Å². The number of sulfonamides is 1. The van der Waals surface area contributed by atoms with Gasteiger partial charge in [-0.15, -0.1) is 0 Å². The Bertz CT molecular complexity index is 1420. The van der Waals surface area contributed by atoms with Crippen molar-refractivity contribution in [2.75, 3.05) is 10.8 Å². The van der Waals surface area contributed by atoms with Gasteiger partial charge in [-0.1, -0.05) is 83.3 Å². The minimum Gasteiger partial charge on any atom is -0.352 e. The SMILES string of the molecule is CC[C@@H](C)NC(=O)[C@H](CC)N(Cc1c(Cl)cccc1Cl)C(=O)CN(c1cccc(Br)c1)S(=O)(=O)c1ccccc1. The Hall–Kier alpha value is -2.59. The normalized spacial score (nSPS) is 12.8. The van der Waals surface area contributed by atoms with Crippen molar-refractivity contribution in [3.8, 4) is 0 Å². The Labute approximate surface area is 254 Å². The highest BCUT2D eigenvalue weighted by Crippen LogP contribution is 2.29. The molecule has 7 nitrogen and oxygen atoms in total. The van der Waals surface area contributed by atoms with Crippen LogP contribution in [-0.4, -0.2) is 43.8 Å². The van der Waals surface area contributed by atoms with Crippen LogP contribution in [0.2, 0.25) is 10.0 Å². The first kappa shape index (κ1) is 31.9. The van der Waals surface area contributed by atoms with Crippen molar-refractivity contribution in [1.29, 1.82) is 0 Å². The molecule has 3 aromatic rings. The second kappa shape index (κ2) is 14.3. The molecule has 3 aromatic carbocycles. The van der Waals surface area contributed by atoms with E-state index in [1.807, 2.05) is 13.8 Å². The van der Waals surface area contributed by atoms with E-state index < -0.39 is 28.5 Å². The Morgan fingerprint density at radius 3 is 2.12 bits per heavy atom. The molecule has 0 saturated heterocycles. The van der Waals surface area contributed by atoms with Crippen LogP contribution in [0.4, 0.5) is 5.69 Å². The summed E-state index contributed by atoms with van der Waals surface area (Å²) in [5.74, 6) is -0.921. The third-order valence-corrected chi connectivity index (χ3v) is 9.47. The Balaban J connectivity index is 2.09. The second-order valence-corrected chi connectivity index (χ2v) is 12.9. The van der Waals surface area contributed by atoms with Crippen LogP contribution in [0.3, 0.4) is 0 Å². The predicted molar refractivity (Wildman–Crippen MR) is 164 cm³/mol. The number of rotatable bonds is 12. The lowest BCUT2D eigenvalue weighted by Gasteiger charge is -2.34. The van der Waals surface area contributed by atoms with Crippen LogP contribution in [0, 0.1) is 0 Å². The molecule has 0 bridgehead atoms. The van der Waals surface area contributed by atoms with Crippen LogP contribution in [0.25, 0.3) is 0 Å². The number of hydrogen-bond acceptors (Lipinski definition) is 4. The van der Waals surface area contributed by atoms with Crippen molar-refractivity contribution in [3.63, 3.8) is 0 Å². The number of hydrogen-bond donors (Lipinski definition) is 1. The van der Waals surface area contributed by atoms with Crippen molar-refractivity contribution in [2.45, 2.75) is 57.1 Å². The molecule has 0 aliphatic heterocycles. The maximum atomic E-state index is 14.1. The van der Waals surface area contributed by atoms with Crippen LogP contribution in [-0.2, 0) is 26.2 Å². The first-order chi connectivity index (χ1) is 19.0. The average molecular weight is 669 g/mol. The Morgan fingerprint density at radius 1 is 0.925 bits per heavy atom. The highest BCUT2D eigenvalue weighted by Gasteiger charge is 2.34. The van der Waals surface area contributed by atoms with E-state index in [1.54, 1.807) is 67.6 Å². The number of carbonyl (C=O) groups is 2. The fraction of sp³-hybridized carbons (Fsp3) is 0.310. The molecule has 214 valence electrons.